The van der Waals surface area contributed by atoms with Gasteiger partial charge in [0.2, 0.25) is 0 Å². The molecule has 108 valence electrons. The standard InChI is InChI=1S/C15H32N2O/c1-5-14(4)11-16-12-15(10-13(2)3)17-6-8-18-9-7-17/h13-16H,5-12H2,1-4H3. The van der Waals surface area contributed by atoms with Crippen molar-refractivity contribution in [3.63, 3.8) is 0 Å². The second-order valence-corrected chi connectivity index (χ2v) is 6.10. The Hall–Kier alpha value is -0.120. The first kappa shape index (κ1) is 15.9. The van der Waals surface area contributed by atoms with Crippen LogP contribution in [0.1, 0.15) is 40.5 Å². The highest BCUT2D eigenvalue weighted by atomic mass is 16.5. The average molecular weight is 256 g/mol. The van der Waals surface area contributed by atoms with Gasteiger partial charge in [-0.1, -0.05) is 34.1 Å². The molecule has 1 N–H and O–H groups in total. The molecule has 2 unspecified atom stereocenters. The molecule has 3 nitrogen and oxygen atoms in total. The van der Waals surface area contributed by atoms with Crippen LogP contribution in [0.15, 0.2) is 0 Å². The quantitative estimate of drug-likeness (QED) is 0.721. The molecule has 1 heterocycles. The van der Waals surface area contributed by atoms with Crippen LogP contribution in [0.3, 0.4) is 0 Å². The molecule has 0 bridgehead atoms. The first-order chi connectivity index (χ1) is 8.63. The smallest absolute Gasteiger partial charge is 0.0594 e. The Morgan fingerprint density at radius 2 is 1.78 bits per heavy atom. The molecule has 0 aromatic carbocycles. The van der Waals surface area contributed by atoms with Crippen LogP contribution in [0.2, 0.25) is 0 Å². The summed E-state index contributed by atoms with van der Waals surface area (Å²) < 4.78 is 5.45. The molecule has 0 aromatic heterocycles. The molecule has 0 spiro atoms. The molecule has 1 aliphatic heterocycles. The van der Waals surface area contributed by atoms with Crippen molar-refractivity contribution in [1.29, 1.82) is 0 Å². The lowest BCUT2D eigenvalue weighted by molar-refractivity contribution is 0.0122. The highest BCUT2D eigenvalue weighted by Gasteiger charge is 2.21. The summed E-state index contributed by atoms with van der Waals surface area (Å²) in [5.74, 6) is 1.55. The molecular weight excluding hydrogens is 224 g/mol. The van der Waals surface area contributed by atoms with Crippen LogP contribution in [-0.2, 0) is 4.74 Å². The zero-order valence-corrected chi connectivity index (χ0v) is 12.7. The SMILES string of the molecule is CCC(C)CNCC(CC(C)C)N1CCOCC1. The minimum atomic E-state index is 0.679. The third-order valence-electron chi connectivity index (χ3n) is 3.88. The fourth-order valence-electron chi connectivity index (χ4n) is 2.49. The van der Waals surface area contributed by atoms with E-state index in [2.05, 4.69) is 37.9 Å². The summed E-state index contributed by atoms with van der Waals surface area (Å²) in [6.07, 6.45) is 2.55. The molecule has 1 rings (SSSR count). The van der Waals surface area contributed by atoms with Gasteiger partial charge in [0.25, 0.3) is 0 Å². The Labute approximate surface area is 113 Å². The molecule has 2 atom stereocenters. The monoisotopic (exact) mass is 256 g/mol. The van der Waals surface area contributed by atoms with Gasteiger partial charge < -0.3 is 10.1 Å². The number of hydrogen-bond donors (Lipinski definition) is 1. The minimum absolute atomic E-state index is 0.679. The number of morpholine rings is 1. The van der Waals surface area contributed by atoms with Crippen molar-refractivity contribution in [3.8, 4) is 0 Å². The second kappa shape index (κ2) is 8.89. The summed E-state index contributed by atoms with van der Waals surface area (Å²) in [7, 11) is 0. The van der Waals surface area contributed by atoms with Crippen molar-refractivity contribution in [2.24, 2.45) is 11.8 Å². The summed E-state index contributed by atoms with van der Waals surface area (Å²) in [6, 6.07) is 0.679. The van der Waals surface area contributed by atoms with E-state index in [1.54, 1.807) is 0 Å². The predicted octanol–water partition coefficient (Wildman–Crippen LogP) is 2.37. The van der Waals surface area contributed by atoms with Crippen LogP contribution in [0.25, 0.3) is 0 Å². The van der Waals surface area contributed by atoms with E-state index in [0.29, 0.717) is 6.04 Å². The number of ether oxygens (including phenoxy) is 1. The van der Waals surface area contributed by atoms with Gasteiger partial charge in [0, 0.05) is 25.7 Å². The third kappa shape index (κ3) is 6.17. The molecule has 3 heteroatoms. The summed E-state index contributed by atoms with van der Waals surface area (Å²) in [4.78, 5) is 2.60. The van der Waals surface area contributed by atoms with Crippen LogP contribution in [0.5, 0.6) is 0 Å². The largest absolute Gasteiger partial charge is 0.379 e. The first-order valence-electron chi connectivity index (χ1n) is 7.66. The van der Waals surface area contributed by atoms with Crippen molar-refractivity contribution in [2.45, 2.75) is 46.6 Å². The van der Waals surface area contributed by atoms with Gasteiger partial charge in [0.15, 0.2) is 0 Å². The van der Waals surface area contributed by atoms with Crippen LogP contribution < -0.4 is 5.32 Å². The molecule has 0 radical (unpaired) electrons. The molecule has 1 fully saturated rings. The van der Waals surface area contributed by atoms with Gasteiger partial charge in [-0.25, -0.2) is 0 Å². The van der Waals surface area contributed by atoms with E-state index in [9.17, 15) is 0 Å². The topological polar surface area (TPSA) is 24.5 Å². The van der Waals surface area contributed by atoms with Crippen LogP contribution >= 0.6 is 0 Å². The Morgan fingerprint density at radius 1 is 1.11 bits per heavy atom. The van der Waals surface area contributed by atoms with Gasteiger partial charge in [-0.05, 0) is 24.8 Å². The maximum absolute atomic E-state index is 5.45. The summed E-state index contributed by atoms with van der Waals surface area (Å²) >= 11 is 0. The van der Waals surface area contributed by atoms with Gasteiger partial charge >= 0.3 is 0 Å². The fraction of sp³-hybridized carbons (Fsp3) is 1.00. The molecule has 1 saturated heterocycles. The zero-order chi connectivity index (χ0) is 13.4. The van der Waals surface area contributed by atoms with Gasteiger partial charge in [-0.3, -0.25) is 4.90 Å². The summed E-state index contributed by atoms with van der Waals surface area (Å²) in [5, 5.41) is 3.66. The highest BCUT2D eigenvalue weighted by molar-refractivity contribution is 4.77. The van der Waals surface area contributed by atoms with E-state index in [-0.39, 0.29) is 0 Å². The Kier molecular flexibility index (Phi) is 7.87. The number of hydrogen-bond acceptors (Lipinski definition) is 3. The molecule has 18 heavy (non-hydrogen) atoms. The lowest BCUT2D eigenvalue weighted by Crippen LogP contribution is -2.48. The number of rotatable bonds is 8. The number of nitrogens with zero attached hydrogens (tertiary/aromatic N) is 1. The normalized spacial score (nSPS) is 21.2. The van der Waals surface area contributed by atoms with E-state index in [0.717, 1.165) is 51.2 Å². The predicted molar refractivity (Wildman–Crippen MR) is 78.0 cm³/mol. The van der Waals surface area contributed by atoms with Crippen LogP contribution in [-0.4, -0.2) is 50.3 Å². The molecule has 1 aliphatic rings. The van der Waals surface area contributed by atoms with E-state index >= 15 is 0 Å². The Balaban J connectivity index is 2.34. The van der Waals surface area contributed by atoms with Gasteiger partial charge in [-0.15, -0.1) is 0 Å². The Bertz CT molecular complexity index is 203. The maximum atomic E-state index is 5.45. The van der Waals surface area contributed by atoms with Crippen molar-refractivity contribution >= 4 is 0 Å². The fourth-order valence-corrected chi connectivity index (χ4v) is 2.49. The molecule has 0 aliphatic carbocycles. The van der Waals surface area contributed by atoms with E-state index in [1.165, 1.54) is 12.8 Å². The van der Waals surface area contributed by atoms with Crippen LogP contribution in [0, 0.1) is 11.8 Å². The van der Waals surface area contributed by atoms with Gasteiger partial charge in [-0.2, -0.15) is 0 Å². The first-order valence-corrected chi connectivity index (χ1v) is 7.66. The van der Waals surface area contributed by atoms with E-state index in [4.69, 9.17) is 4.74 Å². The van der Waals surface area contributed by atoms with Crippen molar-refractivity contribution in [2.75, 3.05) is 39.4 Å². The Morgan fingerprint density at radius 3 is 2.33 bits per heavy atom. The minimum Gasteiger partial charge on any atom is -0.379 e. The van der Waals surface area contributed by atoms with E-state index in [1.807, 2.05) is 0 Å². The molecule has 0 saturated carbocycles. The zero-order valence-electron chi connectivity index (χ0n) is 12.7. The van der Waals surface area contributed by atoms with E-state index < -0.39 is 0 Å². The summed E-state index contributed by atoms with van der Waals surface area (Å²) in [6.45, 7) is 15.5. The highest BCUT2D eigenvalue weighted by Crippen LogP contribution is 2.13. The summed E-state index contributed by atoms with van der Waals surface area (Å²) in [5.41, 5.74) is 0. The lowest BCUT2D eigenvalue weighted by atomic mass is 10.0. The maximum Gasteiger partial charge on any atom is 0.0594 e. The van der Waals surface area contributed by atoms with Gasteiger partial charge in [0.05, 0.1) is 13.2 Å². The molecule has 0 amide bonds. The van der Waals surface area contributed by atoms with Crippen LogP contribution in [0.4, 0.5) is 0 Å². The second-order valence-electron chi connectivity index (χ2n) is 6.10. The van der Waals surface area contributed by atoms with Crippen molar-refractivity contribution < 1.29 is 4.74 Å². The molecular formula is C15H32N2O. The average Bonchev–Trinajstić information content (AvgIpc) is 2.38. The number of nitrogens with one attached hydrogen (secondary N) is 1. The van der Waals surface area contributed by atoms with Crippen molar-refractivity contribution in [3.05, 3.63) is 0 Å². The lowest BCUT2D eigenvalue weighted by Gasteiger charge is -2.35. The third-order valence-corrected chi connectivity index (χ3v) is 3.88. The molecule has 0 aromatic rings. The van der Waals surface area contributed by atoms with Gasteiger partial charge in [0.1, 0.15) is 0 Å². The van der Waals surface area contributed by atoms with Crippen molar-refractivity contribution in [1.82, 2.24) is 10.2 Å².